The monoisotopic (exact) mass is 642 g/mol. The number of rotatable bonds is 5. The van der Waals surface area contributed by atoms with Crippen LogP contribution in [0.5, 0.6) is 0 Å². The van der Waals surface area contributed by atoms with Gasteiger partial charge in [0.25, 0.3) is 0 Å². The van der Waals surface area contributed by atoms with Gasteiger partial charge in [0.2, 0.25) is 11.8 Å². The van der Waals surface area contributed by atoms with Crippen LogP contribution in [0.2, 0.25) is 0 Å². The van der Waals surface area contributed by atoms with Crippen LogP contribution in [-0.4, -0.2) is 118 Å². The van der Waals surface area contributed by atoms with E-state index in [1.54, 1.807) is 13.3 Å². The highest BCUT2D eigenvalue weighted by Crippen LogP contribution is 2.52. The smallest absolute Gasteiger partial charge is 0.475 e. The van der Waals surface area contributed by atoms with E-state index in [0.29, 0.717) is 5.91 Å². The number of methoxy groups -OCH3 is 1. The first-order chi connectivity index (χ1) is 20.4. The van der Waals surface area contributed by atoms with Crippen molar-refractivity contribution in [2.24, 2.45) is 5.41 Å². The third-order valence-corrected chi connectivity index (χ3v) is 8.00. The van der Waals surface area contributed by atoms with Crippen LogP contribution >= 0.6 is 0 Å². The molecular weight excluding hydrogens is 606 g/mol. The van der Waals surface area contributed by atoms with Gasteiger partial charge in [-0.15, -0.1) is 0 Å². The maximum Gasteiger partial charge on any atom is 0.490 e. The molecule has 0 unspecified atom stereocenters. The molecule has 2 N–H and O–H groups in total. The fourth-order valence-electron chi connectivity index (χ4n) is 5.90. The largest absolute Gasteiger partial charge is 0.490 e. The first kappa shape index (κ1) is 36.7. The van der Waals surface area contributed by atoms with Crippen molar-refractivity contribution >= 4 is 23.8 Å². The van der Waals surface area contributed by atoms with Gasteiger partial charge < -0.3 is 24.7 Å². The number of hydrogen-bond acceptors (Lipinski definition) is 7. The highest BCUT2D eigenvalue weighted by Gasteiger charge is 2.59. The van der Waals surface area contributed by atoms with Crippen molar-refractivity contribution in [1.82, 2.24) is 19.7 Å². The normalized spacial score (nSPS) is 19.6. The van der Waals surface area contributed by atoms with Crippen LogP contribution in [0.1, 0.15) is 44.6 Å². The number of aromatic nitrogens is 1. The van der Waals surface area contributed by atoms with Gasteiger partial charge in [-0.2, -0.15) is 26.3 Å². The summed E-state index contributed by atoms with van der Waals surface area (Å²) < 4.78 is 68.5. The highest BCUT2D eigenvalue weighted by atomic mass is 19.4. The molecule has 3 saturated heterocycles. The number of pyridine rings is 1. The van der Waals surface area contributed by atoms with Crippen LogP contribution in [0.15, 0.2) is 24.5 Å². The summed E-state index contributed by atoms with van der Waals surface area (Å²) in [7, 11) is 1.56. The van der Waals surface area contributed by atoms with E-state index < -0.39 is 24.3 Å². The van der Waals surface area contributed by atoms with Crippen LogP contribution in [0.3, 0.4) is 0 Å². The predicted octanol–water partition coefficient (Wildman–Crippen LogP) is 3.19. The molecule has 0 saturated carbocycles. The predicted molar refractivity (Wildman–Crippen MR) is 141 cm³/mol. The average molecular weight is 643 g/mol. The summed E-state index contributed by atoms with van der Waals surface area (Å²) in [4.78, 5) is 54.3. The summed E-state index contributed by atoms with van der Waals surface area (Å²) in [5, 5.41) is 14.2. The average Bonchev–Trinajstić information content (AvgIpc) is 3.16. The second-order valence-corrected chi connectivity index (χ2v) is 10.8. The van der Waals surface area contributed by atoms with E-state index in [1.807, 2.05) is 17.2 Å². The molecule has 0 atom stereocenters. The summed E-state index contributed by atoms with van der Waals surface area (Å²) in [6, 6.07) is 4.10. The Morgan fingerprint density at radius 3 is 1.89 bits per heavy atom. The molecule has 0 radical (unpaired) electrons. The molecule has 1 aromatic rings. The number of carbonyl (C=O) groups excluding carboxylic acids is 2. The number of alkyl halides is 6. The van der Waals surface area contributed by atoms with Gasteiger partial charge in [-0.25, -0.2) is 9.59 Å². The van der Waals surface area contributed by atoms with Crippen molar-refractivity contribution in [3.8, 4) is 0 Å². The lowest BCUT2D eigenvalue weighted by atomic mass is 9.71. The number of carboxylic acid groups (broad SMARTS) is 2. The summed E-state index contributed by atoms with van der Waals surface area (Å²) >= 11 is 0. The Balaban J connectivity index is 0.000000402. The molecule has 248 valence electrons. The molecule has 3 fully saturated rings. The first-order valence-electron chi connectivity index (χ1n) is 13.7. The fraction of sp³-hybridized carbons (Fsp3) is 0.667. The number of nitrogens with zero attached hydrogens (tertiary/aromatic N) is 4. The lowest BCUT2D eigenvalue weighted by molar-refractivity contribution is -0.193. The second kappa shape index (κ2) is 15.0. The number of piperidine rings is 2. The zero-order valence-electron chi connectivity index (χ0n) is 24.3. The van der Waals surface area contributed by atoms with Crippen LogP contribution < -0.4 is 0 Å². The Morgan fingerprint density at radius 2 is 1.48 bits per heavy atom. The number of likely N-dealkylation sites (tertiary alicyclic amines) is 3. The highest BCUT2D eigenvalue weighted by molar-refractivity contribution is 5.86. The van der Waals surface area contributed by atoms with Gasteiger partial charge in [-0.1, -0.05) is 6.07 Å². The van der Waals surface area contributed by atoms with Gasteiger partial charge in [0, 0.05) is 51.2 Å². The number of carboxylic acids is 2. The standard InChI is InChI=1S/C23H34N4O3.2C2HF3O2/c1-3-27-21(29)22(6-11-25(12-7-22)16-19-5-4-10-24-15-19)18-23(27)8-13-26(14-9-23)20(28)17-30-2;2*3-2(4,5)1(6)7/h4-5,10,15H,3,6-9,11-14,16-18H2,1-2H3;2*(H,6,7). The molecule has 4 rings (SSSR count). The molecule has 17 heteroatoms. The minimum atomic E-state index is -5.08. The molecule has 0 aromatic carbocycles. The number of ether oxygens (including phenoxy) is 1. The summed E-state index contributed by atoms with van der Waals surface area (Å²) in [5.41, 5.74) is 0.924. The van der Waals surface area contributed by atoms with Crippen molar-refractivity contribution in [3.63, 3.8) is 0 Å². The van der Waals surface area contributed by atoms with E-state index in [1.165, 1.54) is 5.56 Å². The third-order valence-electron chi connectivity index (χ3n) is 8.00. The Morgan fingerprint density at radius 1 is 0.955 bits per heavy atom. The van der Waals surface area contributed by atoms with Crippen molar-refractivity contribution in [3.05, 3.63) is 30.1 Å². The Hall–Kier alpha value is -3.47. The minimum Gasteiger partial charge on any atom is -0.475 e. The van der Waals surface area contributed by atoms with Crippen LogP contribution in [-0.2, 0) is 30.5 Å². The maximum absolute atomic E-state index is 13.6. The Kier molecular flexibility index (Phi) is 12.5. The molecule has 3 aliphatic rings. The van der Waals surface area contributed by atoms with Gasteiger partial charge in [0.1, 0.15) is 6.61 Å². The van der Waals surface area contributed by atoms with Gasteiger partial charge in [-0.3, -0.25) is 19.5 Å². The molecule has 3 aliphatic heterocycles. The van der Waals surface area contributed by atoms with Gasteiger partial charge in [0.05, 0.1) is 5.41 Å². The summed E-state index contributed by atoms with van der Waals surface area (Å²) in [6.45, 7) is 7.23. The van der Waals surface area contributed by atoms with Crippen LogP contribution in [0.4, 0.5) is 26.3 Å². The van der Waals surface area contributed by atoms with Crippen LogP contribution in [0.25, 0.3) is 0 Å². The molecule has 1 aromatic heterocycles. The molecule has 0 aliphatic carbocycles. The number of carbonyl (C=O) groups is 4. The molecule has 11 nitrogen and oxygen atoms in total. The first-order valence-corrected chi connectivity index (χ1v) is 13.7. The van der Waals surface area contributed by atoms with Crippen LogP contribution in [0, 0.1) is 5.41 Å². The lowest BCUT2D eigenvalue weighted by Gasteiger charge is -2.45. The molecule has 2 spiro atoms. The van der Waals surface area contributed by atoms with Crippen molar-refractivity contribution in [2.45, 2.75) is 63.5 Å². The van der Waals surface area contributed by atoms with Gasteiger partial charge >= 0.3 is 24.3 Å². The number of aliphatic carboxylic acids is 2. The van der Waals surface area contributed by atoms with Gasteiger partial charge in [0.15, 0.2) is 0 Å². The van der Waals surface area contributed by atoms with E-state index in [4.69, 9.17) is 24.5 Å². The van der Waals surface area contributed by atoms with Gasteiger partial charge in [-0.05, 0) is 63.7 Å². The Labute approximate surface area is 249 Å². The SMILES string of the molecule is CCN1C(=O)C2(CCN(Cc3cccnc3)CC2)CC12CCN(C(=O)COC)CC2.O=C(O)C(F)(F)F.O=C(O)C(F)(F)F. The van der Waals surface area contributed by atoms with Crippen molar-refractivity contribution in [1.29, 1.82) is 0 Å². The van der Waals surface area contributed by atoms with E-state index in [9.17, 15) is 35.9 Å². The fourth-order valence-corrected chi connectivity index (χ4v) is 5.90. The van der Waals surface area contributed by atoms with Crippen molar-refractivity contribution in [2.75, 3.05) is 46.4 Å². The second-order valence-electron chi connectivity index (χ2n) is 10.8. The van der Waals surface area contributed by atoms with E-state index in [0.717, 1.165) is 71.4 Å². The number of halogens is 6. The summed E-state index contributed by atoms with van der Waals surface area (Å²) in [5.74, 6) is -5.11. The lowest BCUT2D eigenvalue weighted by Crippen LogP contribution is -2.54. The quantitative estimate of drug-likeness (QED) is 0.464. The number of amides is 2. The van der Waals surface area contributed by atoms with E-state index in [-0.39, 0.29) is 23.5 Å². The third kappa shape index (κ3) is 9.51. The minimum absolute atomic E-state index is 0.0538. The molecule has 2 amide bonds. The molecule has 4 heterocycles. The van der Waals surface area contributed by atoms with E-state index in [2.05, 4.69) is 27.8 Å². The zero-order valence-corrected chi connectivity index (χ0v) is 24.3. The zero-order chi connectivity index (χ0) is 33.3. The molecule has 0 bridgehead atoms. The Bertz CT molecular complexity index is 1110. The number of hydrogen-bond donors (Lipinski definition) is 2. The molecular formula is C27H36F6N4O7. The van der Waals surface area contributed by atoms with Crippen molar-refractivity contribution < 1.29 is 60.5 Å². The maximum atomic E-state index is 13.6. The van der Waals surface area contributed by atoms with E-state index >= 15 is 0 Å². The molecule has 44 heavy (non-hydrogen) atoms. The topological polar surface area (TPSA) is 141 Å². The summed E-state index contributed by atoms with van der Waals surface area (Å²) in [6.07, 6.45) is -1.88.